The summed E-state index contributed by atoms with van der Waals surface area (Å²) in [5, 5.41) is 6.72. The number of hydrogen-bond acceptors (Lipinski definition) is 6. The first-order valence-electron chi connectivity index (χ1n) is 15.0. The maximum absolute atomic E-state index is 5.66. The van der Waals surface area contributed by atoms with Crippen molar-refractivity contribution in [1.29, 1.82) is 0 Å². The minimum atomic E-state index is 0.693. The van der Waals surface area contributed by atoms with E-state index >= 15 is 0 Å². The van der Waals surface area contributed by atoms with Gasteiger partial charge >= 0.3 is 0 Å². The number of pyridine rings is 2. The van der Waals surface area contributed by atoms with E-state index in [1.54, 1.807) is 12.4 Å². The fourth-order valence-electron chi connectivity index (χ4n) is 6.53. The second-order valence-corrected chi connectivity index (χ2v) is 11.2. The number of nitrogens with zero attached hydrogens (tertiary/aromatic N) is 4. The fraction of sp³-hybridized carbons (Fsp3) is 0. The van der Waals surface area contributed by atoms with E-state index in [-0.39, 0.29) is 0 Å². The number of benzene rings is 5. The molecular formula is C40H24N4O2. The average Bonchev–Trinajstić information content (AvgIpc) is 3.86. The highest BCUT2D eigenvalue weighted by molar-refractivity contribution is 6.21. The van der Waals surface area contributed by atoms with Crippen LogP contribution < -0.4 is 0 Å². The average molecular weight is 593 g/mol. The van der Waals surface area contributed by atoms with Crippen LogP contribution in [0.3, 0.4) is 0 Å². The first-order chi connectivity index (χ1) is 22.8. The minimum Gasteiger partial charge on any atom is -0.444 e. The van der Waals surface area contributed by atoms with Crippen molar-refractivity contribution in [2.24, 2.45) is 0 Å². The van der Waals surface area contributed by atoms with Gasteiger partial charge in [-0.05, 0) is 73.8 Å². The molecule has 9 rings (SSSR count). The third-order valence-corrected chi connectivity index (χ3v) is 8.59. The maximum Gasteiger partial charge on any atom is 0.181 e. The van der Waals surface area contributed by atoms with Crippen LogP contribution in [-0.4, -0.2) is 19.9 Å². The van der Waals surface area contributed by atoms with E-state index in [0.29, 0.717) is 11.5 Å². The molecular weight excluding hydrogens is 568 g/mol. The lowest BCUT2D eigenvalue weighted by molar-refractivity contribution is 0.571. The number of oxazole rings is 2. The summed E-state index contributed by atoms with van der Waals surface area (Å²) in [4.78, 5) is 18.1. The Kier molecular flexibility index (Phi) is 6.03. The Morgan fingerprint density at radius 1 is 0.435 bits per heavy atom. The lowest BCUT2D eigenvalue weighted by atomic mass is 9.86. The third-order valence-electron chi connectivity index (χ3n) is 8.59. The van der Waals surface area contributed by atoms with E-state index in [0.717, 1.165) is 60.8 Å². The normalized spacial score (nSPS) is 11.5. The molecule has 0 saturated carbocycles. The van der Waals surface area contributed by atoms with E-state index in [2.05, 4.69) is 107 Å². The summed E-state index contributed by atoms with van der Waals surface area (Å²) in [5.41, 5.74) is 7.92. The van der Waals surface area contributed by atoms with Crippen molar-refractivity contribution in [2.45, 2.75) is 0 Å². The van der Waals surface area contributed by atoms with Crippen LogP contribution in [0.15, 0.2) is 156 Å². The summed E-state index contributed by atoms with van der Waals surface area (Å²) < 4.78 is 11.3. The predicted molar refractivity (Wildman–Crippen MR) is 182 cm³/mol. The van der Waals surface area contributed by atoms with E-state index in [1.165, 1.54) is 29.1 Å². The van der Waals surface area contributed by atoms with Gasteiger partial charge in [-0.1, -0.05) is 78.9 Å². The van der Waals surface area contributed by atoms with Crippen molar-refractivity contribution >= 4 is 32.3 Å². The van der Waals surface area contributed by atoms with Crippen LogP contribution in [0.2, 0.25) is 0 Å². The lowest BCUT2D eigenvalue weighted by Crippen LogP contribution is -1.95. The third kappa shape index (κ3) is 4.27. The molecule has 0 N–H and O–H groups in total. The number of fused-ring (bicyclic) bond motifs is 3. The summed E-state index contributed by atoms with van der Waals surface area (Å²) in [6.45, 7) is 0. The smallest absolute Gasteiger partial charge is 0.181 e. The van der Waals surface area contributed by atoms with Gasteiger partial charge in [0.2, 0.25) is 0 Å². The summed E-state index contributed by atoms with van der Waals surface area (Å²) in [7, 11) is 0. The van der Waals surface area contributed by atoms with Gasteiger partial charge in [0.15, 0.2) is 24.3 Å². The Balaban J connectivity index is 1.38. The fourth-order valence-corrected chi connectivity index (χ4v) is 6.53. The van der Waals surface area contributed by atoms with Gasteiger partial charge in [-0.2, -0.15) is 0 Å². The Hall–Kier alpha value is -6.40. The van der Waals surface area contributed by atoms with E-state index in [4.69, 9.17) is 18.8 Å². The SMILES string of the molecule is c1ccc2c(-c3ccc4c(-c5cc(-c6cnco6)ccn5)c5ccccc5c(-c5cc(-c6cnco6)ccn5)c4c3)cccc2c1. The summed E-state index contributed by atoms with van der Waals surface area (Å²) in [6.07, 6.45) is 10.0. The zero-order chi connectivity index (χ0) is 30.5. The monoisotopic (exact) mass is 592 g/mol. The highest BCUT2D eigenvalue weighted by atomic mass is 16.3. The lowest BCUT2D eigenvalue weighted by Gasteiger charge is -2.18. The topological polar surface area (TPSA) is 77.8 Å². The molecule has 0 aliphatic heterocycles. The summed E-state index contributed by atoms with van der Waals surface area (Å²) >= 11 is 0. The van der Waals surface area contributed by atoms with Gasteiger partial charge in [0.1, 0.15) is 0 Å². The molecule has 216 valence electrons. The van der Waals surface area contributed by atoms with Gasteiger partial charge in [0.25, 0.3) is 0 Å². The Morgan fingerprint density at radius 3 is 1.63 bits per heavy atom. The highest BCUT2D eigenvalue weighted by Crippen LogP contribution is 2.45. The highest BCUT2D eigenvalue weighted by Gasteiger charge is 2.20. The minimum absolute atomic E-state index is 0.693. The second-order valence-electron chi connectivity index (χ2n) is 11.2. The van der Waals surface area contributed by atoms with Crippen molar-refractivity contribution in [3.8, 4) is 56.3 Å². The van der Waals surface area contributed by atoms with E-state index in [9.17, 15) is 0 Å². The van der Waals surface area contributed by atoms with E-state index < -0.39 is 0 Å². The number of hydrogen-bond donors (Lipinski definition) is 0. The first kappa shape index (κ1) is 26.0. The van der Waals surface area contributed by atoms with Gasteiger partial charge in [0, 0.05) is 34.6 Å². The van der Waals surface area contributed by atoms with Crippen LogP contribution in [-0.2, 0) is 0 Å². The number of aromatic nitrogens is 4. The maximum atomic E-state index is 5.66. The molecule has 0 amide bonds. The Morgan fingerprint density at radius 2 is 1.00 bits per heavy atom. The van der Waals surface area contributed by atoms with Gasteiger partial charge in [-0.3, -0.25) is 9.97 Å². The zero-order valence-corrected chi connectivity index (χ0v) is 24.5. The first-order valence-corrected chi connectivity index (χ1v) is 15.0. The van der Waals surface area contributed by atoms with Gasteiger partial charge < -0.3 is 8.83 Å². The molecule has 6 heteroatoms. The van der Waals surface area contributed by atoms with Crippen molar-refractivity contribution in [2.75, 3.05) is 0 Å². The molecule has 6 nitrogen and oxygen atoms in total. The van der Waals surface area contributed by atoms with Gasteiger partial charge in [-0.25, -0.2) is 9.97 Å². The van der Waals surface area contributed by atoms with Crippen molar-refractivity contribution < 1.29 is 8.83 Å². The van der Waals surface area contributed by atoms with Crippen LogP contribution in [0.5, 0.6) is 0 Å². The number of rotatable bonds is 5. The van der Waals surface area contributed by atoms with Crippen molar-refractivity contribution in [3.05, 3.63) is 147 Å². The molecule has 4 aromatic heterocycles. The van der Waals surface area contributed by atoms with Crippen LogP contribution >= 0.6 is 0 Å². The molecule has 0 saturated heterocycles. The van der Waals surface area contributed by atoms with Crippen LogP contribution in [0.4, 0.5) is 0 Å². The second kappa shape index (κ2) is 10.6. The van der Waals surface area contributed by atoms with E-state index in [1.807, 2.05) is 24.5 Å². The molecule has 0 aliphatic carbocycles. The predicted octanol–water partition coefficient (Wildman–Crippen LogP) is 10.2. The molecule has 0 radical (unpaired) electrons. The van der Waals surface area contributed by atoms with Crippen LogP contribution in [0, 0.1) is 0 Å². The standard InChI is InChI=1S/C40H24N4O2/c1-2-8-29-25(6-1)7-5-11-30(29)26-12-13-33-34(18-26)40(36-20-28(15-17-44-36)38-22-42-24-46-38)32-10-4-3-9-31(32)39(33)35-19-27(14-16-43-35)37-21-41-23-45-37/h1-24H. The molecule has 9 aromatic rings. The summed E-state index contributed by atoms with van der Waals surface area (Å²) in [5.74, 6) is 1.39. The molecule has 0 bridgehead atoms. The quantitative estimate of drug-likeness (QED) is 0.185. The van der Waals surface area contributed by atoms with Crippen molar-refractivity contribution in [3.63, 3.8) is 0 Å². The van der Waals surface area contributed by atoms with Crippen LogP contribution in [0.25, 0.3) is 88.6 Å². The Labute approximate surface area is 263 Å². The van der Waals surface area contributed by atoms with Crippen LogP contribution in [0.1, 0.15) is 0 Å². The molecule has 0 spiro atoms. The molecule has 0 aliphatic rings. The van der Waals surface area contributed by atoms with Gasteiger partial charge in [0.05, 0.1) is 23.8 Å². The van der Waals surface area contributed by atoms with Gasteiger partial charge in [-0.15, -0.1) is 0 Å². The molecule has 5 aromatic carbocycles. The summed E-state index contributed by atoms with van der Waals surface area (Å²) in [6, 6.07) is 38.2. The van der Waals surface area contributed by atoms with Crippen molar-refractivity contribution in [1.82, 2.24) is 19.9 Å². The molecule has 0 fully saturated rings. The molecule has 46 heavy (non-hydrogen) atoms. The molecule has 0 unspecified atom stereocenters. The molecule has 0 atom stereocenters. The zero-order valence-electron chi connectivity index (χ0n) is 24.5. The largest absolute Gasteiger partial charge is 0.444 e. The Bertz CT molecular complexity index is 2530. The molecule has 4 heterocycles.